The minimum absolute atomic E-state index is 0.00560. The molecule has 0 radical (unpaired) electrons. The number of nitrogens with zero attached hydrogens (tertiary/aromatic N) is 5. The smallest absolute Gasteiger partial charge is 0.283 e. The molecule has 0 unspecified atom stereocenters. The van der Waals surface area contributed by atoms with Gasteiger partial charge in [0.05, 0.1) is 12.0 Å². The van der Waals surface area contributed by atoms with Crippen molar-refractivity contribution < 1.29 is 14.0 Å². The van der Waals surface area contributed by atoms with Crippen LogP contribution in [-0.4, -0.2) is 55.4 Å². The van der Waals surface area contributed by atoms with Crippen molar-refractivity contribution in [1.82, 2.24) is 14.5 Å². The first-order chi connectivity index (χ1) is 16.3. The van der Waals surface area contributed by atoms with Gasteiger partial charge in [0.2, 0.25) is 11.1 Å². The van der Waals surface area contributed by atoms with Crippen LogP contribution in [0.3, 0.4) is 0 Å². The molecular formula is C24H23FN6O2S. The average molecular weight is 479 g/mol. The van der Waals surface area contributed by atoms with Crippen LogP contribution in [0, 0.1) is 25.1 Å². The molecule has 5 rings (SSSR count). The van der Waals surface area contributed by atoms with Gasteiger partial charge in [0.15, 0.2) is 5.84 Å². The van der Waals surface area contributed by atoms with Crippen LogP contribution in [0.1, 0.15) is 36.2 Å². The highest BCUT2D eigenvalue weighted by Gasteiger charge is 2.36. The molecule has 0 aliphatic carbocycles. The molecule has 10 heteroatoms. The third-order valence-electron chi connectivity index (χ3n) is 6.11. The monoisotopic (exact) mass is 478 g/mol. The van der Waals surface area contributed by atoms with Gasteiger partial charge < -0.3 is 9.47 Å². The van der Waals surface area contributed by atoms with E-state index in [2.05, 4.69) is 10.1 Å². The van der Waals surface area contributed by atoms with Gasteiger partial charge in [-0.25, -0.2) is 4.39 Å². The number of benzene rings is 1. The molecule has 8 nitrogen and oxygen atoms in total. The lowest BCUT2D eigenvalue weighted by Crippen LogP contribution is -2.35. The zero-order valence-electron chi connectivity index (χ0n) is 18.8. The number of nitrogens with one attached hydrogen (secondary N) is 1. The van der Waals surface area contributed by atoms with Gasteiger partial charge in [-0.2, -0.15) is 15.1 Å². The molecule has 1 N–H and O–H groups in total. The molecular weight excluding hydrogens is 455 g/mol. The number of carbonyl (C=O) groups excluding carboxylic acids is 2. The SMILES string of the molecule is Cc1cc(C=C2C(=N)N3N=C(CC(=O)N4CCCC4)SC3=NC2=O)c(C)n1-c1ccc(F)cc1. The van der Waals surface area contributed by atoms with Crippen LogP contribution in [-0.2, 0) is 9.59 Å². The van der Waals surface area contributed by atoms with Gasteiger partial charge in [0.1, 0.15) is 10.9 Å². The Labute approximate surface area is 200 Å². The van der Waals surface area contributed by atoms with E-state index in [1.807, 2.05) is 29.4 Å². The maximum absolute atomic E-state index is 13.4. The Bertz CT molecular complexity index is 1300. The zero-order chi connectivity index (χ0) is 24.0. The molecule has 2 aromatic rings. The minimum atomic E-state index is -0.516. The molecule has 0 saturated carbocycles. The summed E-state index contributed by atoms with van der Waals surface area (Å²) < 4.78 is 15.3. The number of fused-ring (bicyclic) bond motifs is 1. The third-order valence-corrected chi connectivity index (χ3v) is 7.02. The lowest BCUT2D eigenvalue weighted by Gasteiger charge is -2.20. The summed E-state index contributed by atoms with van der Waals surface area (Å²) in [5.41, 5.74) is 3.45. The fourth-order valence-electron chi connectivity index (χ4n) is 4.39. The van der Waals surface area contributed by atoms with Gasteiger partial charge in [-0.05, 0) is 80.4 Å². The molecule has 1 fully saturated rings. The number of likely N-dealkylation sites (tertiary alicyclic amines) is 1. The van der Waals surface area contributed by atoms with E-state index in [-0.39, 0.29) is 29.6 Å². The molecule has 34 heavy (non-hydrogen) atoms. The number of thioether (sulfide) groups is 1. The Morgan fingerprint density at radius 3 is 2.62 bits per heavy atom. The summed E-state index contributed by atoms with van der Waals surface area (Å²) in [6.45, 7) is 5.35. The van der Waals surface area contributed by atoms with Gasteiger partial charge in [-0.3, -0.25) is 15.0 Å². The van der Waals surface area contributed by atoms with Crippen molar-refractivity contribution >= 4 is 45.7 Å². The molecule has 1 aromatic carbocycles. The van der Waals surface area contributed by atoms with Crippen LogP contribution in [0.15, 0.2) is 46.0 Å². The van der Waals surface area contributed by atoms with Crippen molar-refractivity contribution in [3.8, 4) is 5.69 Å². The van der Waals surface area contributed by atoms with Crippen molar-refractivity contribution in [3.05, 3.63) is 58.7 Å². The second-order valence-corrected chi connectivity index (χ2v) is 9.46. The van der Waals surface area contributed by atoms with E-state index < -0.39 is 5.91 Å². The van der Waals surface area contributed by atoms with Crippen LogP contribution < -0.4 is 0 Å². The average Bonchev–Trinajstić information content (AvgIpc) is 3.52. The number of aliphatic imine (C=N–C) groups is 1. The van der Waals surface area contributed by atoms with E-state index in [1.165, 1.54) is 17.1 Å². The first-order valence-corrected chi connectivity index (χ1v) is 11.9. The molecule has 3 aliphatic rings. The number of amidine groups is 2. The summed E-state index contributed by atoms with van der Waals surface area (Å²) in [5, 5.41) is 15.2. The maximum atomic E-state index is 13.4. The molecule has 4 heterocycles. The Morgan fingerprint density at radius 2 is 1.91 bits per heavy atom. The van der Waals surface area contributed by atoms with Crippen LogP contribution in [0.4, 0.5) is 4.39 Å². The number of aryl methyl sites for hydroxylation is 1. The number of carbonyl (C=O) groups is 2. The van der Waals surface area contributed by atoms with Gasteiger partial charge in [-0.1, -0.05) is 0 Å². The Morgan fingerprint density at radius 1 is 1.21 bits per heavy atom. The molecule has 1 aromatic heterocycles. The molecule has 174 valence electrons. The zero-order valence-corrected chi connectivity index (χ0v) is 19.7. The molecule has 0 atom stereocenters. The highest BCUT2D eigenvalue weighted by molar-refractivity contribution is 8.27. The standard InChI is InChI=1S/C24H23FN6O2S/c1-14-11-16(15(2)30(14)18-7-5-17(25)6-8-18)12-19-22(26)31-24(27-23(19)33)34-20(28-31)13-21(32)29-9-3-4-10-29/h5-8,11-12,26H,3-4,9-10,13H2,1-2H3. The predicted molar refractivity (Wildman–Crippen MR) is 131 cm³/mol. The Hall–Kier alpha value is -3.53. The molecule has 0 spiro atoms. The molecule has 0 bridgehead atoms. The van der Waals surface area contributed by atoms with Gasteiger partial charge in [-0.15, -0.1) is 0 Å². The predicted octanol–water partition coefficient (Wildman–Crippen LogP) is 3.86. The Balaban J connectivity index is 1.41. The number of halogens is 1. The quantitative estimate of drug-likeness (QED) is 0.675. The first-order valence-electron chi connectivity index (χ1n) is 11.0. The molecule has 3 aliphatic heterocycles. The van der Waals surface area contributed by atoms with Crippen molar-refractivity contribution in [1.29, 1.82) is 5.41 Å². The van der Waals surface area contributed by atoms with Crippen molar-refractivity contribution in [3.63, 3.8) is 0 Å². The highest BCUT2D eigenvalue weighted by Crippen LogP contribution is 2.31. The van der Waals surface area contributed by atoms with Gasteiger partial charge in [0, 0.05) is 30.2 Å². The van der Waals surface area contributed by atoms with E-state index in [1.54, 1.807) is 18.2 Å². The fraction of sp³-hybridized carbons (Fsp3) is 0.292. The van der Waals surface area contributed by atoms with Crippen LogP contribution in [0.5, 0.6) is 0 Å². The lowest BCUT2D eigenvalue weighted by atomic mass is 10.1. The maximum Gasteiger partial charge on any atom is 0.283 e. The fourth-order valence-corrected chi connectivity index (χ4v) is 5.26. The number of rotatable bonds is 4. The van der Waals surface area contributed by atoms with E-state index in [0.29, 0.717) is 10.2 Å². The molecule has 2 amide bonds. The summed E-state index contributed by atoms with van der Waals surface area (Å²) in [6.07, 6.45) is 3.80. The van der Waals surface area contributed by atoms with Crippen molar-refractivity contribution in [2.75, 3.05) is 13.1 Å². The number of hydrazone groups is 1. The highest BCUT2D eigenvalue weighted by atomic mass is 32.2. The largest absolute Gasteiger partial charge is 0.342 e. The lowest BCUT2D eigenvalue weighted by molar-refractivity contribution is -0.128. The summed E-state index contributed by atoms with van der Waals surface area (Å²) in [7, 11) is 0. The minimum Gasteiger partial charge on any atom is -0.342 e. The summed E-state index contributed by atoms with van der Waals surface area (Å²) in [4.78, 5) is 31.2. The number of hydrogen-bond donors (Lipinski definition) is 1. The van der Waals surface area contributed by atoms with Crippen molar-refractivity contribution in [2.45, 2.75) is 33.1 Å². The van der Waals surface area contributed by atoms with Crippen molar-refractivity contribution in [2.24, 2.45) is 10.1 Å². The third kappa shape index (κ3) is 3.98. The Kier molecular flexibility index (Phi) is 5.68. The topological polar surface area (TPSA) is 94.1 Å². The number of hydrogen-bond acceptors (Lipinski definition) is 5. The van der Waals surface area contributed by atoms with Gasteiger partial charge in [0.25, 0.3) is 5.91 Å². The number of aromatic nitrogens is 1. The van der Waals surface area contributed by atoms with E-state index in [0.717, 1.165) is 60.3 Å². The number of amides is 2. The summed E-state index contributed by atoms with van der Waals surface area (Å²) >= 11 is 1.16. The second kappa shape index (κ2) is 8.68. The normalized spacial score (nSPS) is 19.1. The second-order valence-electron chi connectivity index (χ2n) is 8.42. The summed E-state index contributed by atoms with van der Waals surface area (Å²) in [5.74, 6) is -0.893. The van der Waals surface area contributed by atoms with E-state index in [9.17, 15) is 14.0 Å². The first kappa shape index (κ1) is 22.3. The van der Waals surface area contributed by atoms with Crippen LogP contribution in [0.25, 0.3) is 11.8 Å². The molecule has 1 saturated heterocycles. The van der Waals surface area contributed by atoms with E-state index in [4.69, 9.17) is 5.41 Å². The van der Waals surface area contributed by atoms with E-state index >= 15 is 0 Å². The van der Waals surface area contributed by atoms with Crippen LogP contribution >= 0.6 is 11.8 Å². The summed E-state index contributed by atoms with van der Waals surface area (Å²) in [6, 6.07) is 8.10. The van der Waals surface area contributed by atoms with Crippen LogP contribution in [0.2, 0.25) is 0 Å². The van der Waals surface area contributed by atoms with Gasteiger partial charge >= 0.3 is 0 Å².